The smallest absolute Gasteiger partial charge is 0.252 e. The van der Waals surface area contributed by atoms with Gasteiger partial charge in [-0.25, -0.2) is 0 Å². The second-order valence-corrected chi connectivity index (χ2v) is 7.78. The van der Waals surface area contributed by atoms with E-state index in [2.05, 4.69) is 10.6 Å². The molecule has 0 saturated carbocycles. The summed E-state index contributed by atoms with van der Waals surface area (Å²) < 4.78 is 11.7. The maximum absolute atomic E-state index is 11.9. The van der Waals surface area contributed by atoms with Gasteiger partial charge in [0.05, 0.1) is 6.54 Å². The third-order valence-corrected chi connectivity index (χ3v) is 4.84. The van der Waals surface area contributed by atoms with Crippen LogP contribution in [0.15, 0.2) is 35.0 Å². The summed E-state index contributed by atoms with van der Waals surface area (Å²) in [6.45, 7) is 5.15. The molecule has 0 fully saturated rings. The zero-order valence-corrected chi connectivity index (χ0v) is 16.4. The first-order valence-electron chi connectivity index (χ1n) is 8.95. The molecule has 0 spiro atoms. The molecule has 1 aromatic carbocycles. The normalized spacial score (nSPS) is 14.1. The van der Waals surface area contributed by atoms with Gasteiger partial charge in [-0.2, -0.15) is 11.3 Å². The van der Waals surface area contributed by atoms with Crippen molar-refractivity contribution in [2.24, 2.45) is 0 Å². The molecule has 0 bridgehead atoms. The van der Waals surface area contributed by atoms with Crippen LogP contribution < -0.4 is 20.1 Å². The molecule has 2 amide bonds. The second kappa shape index (κ2) is 8.43. The lowest BCUT2D eigenvalue weighted by Gasteiger charge is -2.18. The molecule has 6 nitrogen and oxygen atoms in total. The van der Waals surface area contributed by atoms with E-state index in [1.807, 2.05) is 37.4 Å². The fourth-order valence-electron chi connectivity index (χ4n) is 2.93. The number of carbonyl (C=O) groups excluding carboxylic acids is 2. The lowest BCUT2D eigenvalue weighted by Crippen LogP contribution is -2.32. The molecule has 2 N–H and O–H groups in total. The quantitative estimate of drug-likeness (QED) is 0.682. The number of thiophene rings is 1. The highest BCUT2D eigenvalue weighted by molar-refractivity contribution is 7.08. The Hall–Kier alpha value is -2.54. The van der Waals surface area contributed by atoms with Crippen molar-refractivity contribution in [3.8, 4) is 11.5 Å². The number of para-hydroxylation sites is 1. The van der Waals surface area contributed by atoms with E-state index in [0.717, 1.165) is 17.7 Å². The molecule has 7 heteroatoms. The number of nitrogens with one attached hydrogen (secondary N) is 2. The average molecular weight is 388 g/mol. The molecule has 2 heterocycles. The van der Waals surface area contributed by atoms with Crippen LogP contribution in [-0.4, -0.2) is 37.1 Å². The van der Waals surface area contributed by atoms with Gasteiger partial charge in [0.25, 0.3) is 5.91 Å². The maximum Gasteiger partial charge on any atom is 0.252 e. The number of hydrogen-bond acceptors (Lipinski definition) is 5. The number of rotatable bonds is 8. The van der Waals surface area contributed by atoms with Gasteiger partial charge in [0.2, 0.25) is 5.91 Å². The Morgan fingerprint density at radius 1 is 1.22 bits per heavy atom. The van der Waals surface area contributed by atoms with Gasteiger partial charge in [0.15, 0.2) is 11.5 Å². The van der Waals surface area contributed by atoms with E-state index in [1.54, 1.807) is 11.4 Å². The summed E-state index contributed by atoms with van der Waals surface area (Å²) in [5.41, 5.74) is 1.54. The summed E-state index contributed by atoms with van der Waals surface area (Å²) >= 11 is 1.46. The Morgan fingerprint density at radius 3 is 2.85 bits per heavy atom. The Balaban J connectivity index is 1.34. The van der Waals surface area contributed by atoms with E-state index in [1.165, 1.54) is 11.3 Å². The first-order chi connectivity index (χ1) is 12.9. The lowest BCUT2D eigenvalue weighted by molar-refractivity contribution is -0.121. The van der Waals surface area contributed by atoms with Gasteiger partial charge in [-0.1, -0.05) is 12.1 Å². The van der Waals surface area contributed by atoms with Crippen LogP contribution in [-0.2, 0) is 11.2 Å². The van der Waals surface area contributed by atoms with Crippen molar-refractivity contribution >= 4 is 23.2 Å². The molecule has 0 saturated heterocycles. The number of ether oxygens (including phenoxy) is 2. The molecule has 27 heavy (non-hydrogen) atoms. The molecule has 0 aliphatic carbocycles. The van der Waals surface area contributed by atoms with E-state index < -0.39 is 0 Å². The van der Waals surface area contributed by atoms with Crippen LogP contribution in [0.1, 0.15) is 36.2 Å². The highest BCUT2D eigenvalue weighted by Crippen LogP contribution is 2.41. The van der Waals surface area contributed by atoms with Crippen LogP contribution in [0.2, 0.25) is 0 Å². The molecular formula is C20H24N2O4S. The molecule has 3 rings (SSSR count). The van der Waals surface area contributed by atoms with E-state index >= 15 is 0 Å². The molecule has 1 aromatic heterocycles. The molecule has 0 unspecified atom stereocenters. The van der Waals surface area contributed by atoms with Gasteiger partial charge in [0.1, 0.15) is 12.2 Å². The predicted molar refractivity (Wildman–Crippen MR) is 105 cm³/mol. The molecule has 0 radical (unpaired) electrons. The average Bonchev–Trinajstić information content (AvgIpc) is 3.25. The fraction of sp³-hybridized carbons (Fsp3) is 0.400. The van der Waals surface area contributed by atoms with Crippen LogP contribution >= 0.6 is 11.3 Å². The SMILES string of the molecule is CC1(C)Cc2cccc(OCCNC(=O)CCNC(=O)c3ccsc3)c2O1. The van der Waals surface area contributed by atoms with Crippen molar-refractivity contribution in [3.63, 3.8) is 0 Å². The van der Waals surface area contributed by atoms with Gasteiger partial charge < -0.3 is 20.1 Å². The topological polar surface area (TPSA) is 76.7 Å². The highest BCUT2D eigenvalue weighted by atomic mass is 32.1. The van der Waals surface area contributed by atoms with Crippen molar-refractivity contribution in [1.29, 1.82) is 0 Å². The van der Waals surface area contributed by atoms with Crippen LogP contribution in [0.5, 0.6) is 11.5 Å². The standard InChI is InChI=1S/C20H24N2O4S/c1-20(2)12-14-4-3-5-16(18(14)26-20)25-10-9-21-17(23)6-8-22-19(24)15-7-11-27-13-15/h3-5,7,11,13H,6,8-10,12H2,1-2H3,(H,21,23)(H,22,24). The largest absolute Gasteiger partial charge is 0.488 e. The van der Waals surface area contributed by atoms with Crippen LogP contribution in [0.3, 0.4) is 0 Å². The summed E-state index contributed by atoms with van der Waals surface area (Å²) in [5.74, 6) is 1.22. The Labute approximate surface area is 162 Å². The number of amides is 2. The number of carbonyl (C=O) groups is 2. The Morgan fingerprint density at radius 2 is 2.07 bits per heavy atom. The van der Waals surface area contributed by atoms with Crippen molar-refractivity contribution in [2.75, 3.05) is 19.7 Å². The van der Waals surface area contributed by atoms with Crippen molar-refractivity contribution in [2.45, 2.75) is 32.3 Å². The minimum Gasteiger partial charge on any atom is -0.488 e. The van der Waals surface area contributed by atoms with Gasteiger partial charge in [-0.15, -0.1) is 0 Å². The zero-order valence-electron chi connectivity index (χ0n) is 15.5. The predicted octanol–water partition coefficient (Wildman–Crippen LogP) is 2.78. The van der Waals surface area contributed by atoms with E-state index in [0.29, 0.717) is 31.0 Å². The van der Waals surface area contributed by atoms with E-state index in [4.69, 9.17) is 9.47 Å². The number of fused-ring (bicyclic) bond motifs is 1. The van der Waals surface area contributed by atoms with Crippen LogP contribution in [0.25, 0.3) is 0 Å². The van der Waals surface area contributed by atoms with Gasteiger partial charge in [-0.05, 0) is 31.4 Å². The second-order valence-electron chi connectivity index (χ2n) is 7.00. The molecule has 144 valence electrons. The summed E-state index contributed by atoms with van der Waals surface area (Å²) in [6, 6.07) is 7.63. The van der Waals surface area contributed by atoms with E-state index in [-0.39, 0.29) is 23.8 Å². The minimum atomic E-state index is -0.219. The molecule has 1 aliphatic rings. The van der Waals surface area contributed by atoms with E-state index in [9.17, 15) is 9.59 Å². The highest BCUT2D eigenvalue weighted by Gasteiger charge is 2.32. The summed E-state index contributed by atoms with van der Waals surface area (Å²) in [5, 5.41) is 9.14. The first-order valence-corrected chi connectivity index (χ1v) is 9.90. The molecule has 2 aromatic rings. The zero-order chi connectivity index (χ0) is 19.3. The third-order valence-electron chi connectivity index (χ3n) is 4.16. The van der Waals surface area contributed by atoms with Crippen molar-refractivity contribution < 1.29 is 19.1 Å². The van der Waals surface area contributed by atoms with Gasteiger partial charge in [0, 0.05) is 35.9 Å². The Bertz CT molecular complexity index is 802. The molecular weight excluding hydrogens is 364 g/mol. The third kappa shape index (κ3) is 5.23. The number of benzene rings is 1. The molecule has 1 aliphatic heterocycles. The Kier molecular flexibility index (Phi) is 6.01. The van der Waals surface area contributed by atoms with Crippen molar-refractivity contribution in [1.82, 2.24) is 10.6 Å². The number of hydrogen-bond donors (Lipinski definition) is 2. The lowest BCUT2D eigenvalue weighted by atomic mass is 10.0. The van der Waals surface area contributed by atoms with Crippen LogP contribution in [0.4, 0.5) is 0 Å². The first kappa shape index (κ1) is 19.2. The molecule has 0 atom stereocenters. The monoisotopic (exact) mass is 388 g/mol. The van der Waals surface area contributed by atoms with Crippen molar-refractivity contribution in [3.05, 3.63) is 46.2 Å². The fourth-order valence-corrected chi connectivity index (χ4v) is 3.56. The summed E-state index contributed by atoms with van der Waals surface area (Å²) in [4.78, 5) is 23.6. The van der Waals surface area contributed by atoms with Gasteiger partial charge >= 0.3 is 0 Å². The summed E-state index contributed by atoms with van der Waals surface area (Å²) in [6.07, 6.45) is 1.08. The minimum absolute atomic E-state index is 0.125. The maximum atomic E-state index is 11.9. The van der Waals surface area contributed by atoms with Gasteiger partial charge in [-0.3, -0.25) is 9.59 Å². The summed E-state index contributed by atoms with van der Waals surface area (Å²) in [7, 11) is 0. The van der Waals surface area contributed by atoms with Crippen LogP contribution in [0, 0.1) is 0 Å².